The zero-order valence-corrected chi connectivity index (χ0v) is 25.9. The summed E-state index contributed by atoms with van der Waals surface area (Å²) in [5.74, 6) is 1.25. The van der Waals surface area contributed by atoms with Gasteiger partial charge in [-0.2, -0.15) is 0 Å². The molecule has 232 valence electrons. The highest BCUT2D eigenvalue weighted by Crippen LogP contribution is 2.62. The van der Waals surface area contributed by atoms with Crippen LogP contribution in [0.15, 0.2) is 18.2 Å². The number of benzene rings is 1. The number of hydrogen-bond donors (Lipinski definition) is 1. The number of carbonyl (C=O) groups excluding carboxylic acids is 3. The van der Waals surface area contributed by atoms with Crippen LogP contribution in [0, 0.1) is 23.2 Å². The molecule has 2 aliphatic heterocycles. The number of alkyl carbamates (subject to hydrolysis) is 1. The minimum atomic E-state index is -0.871. The van der Waals surface area contributed by atoms with E-state index in [1.165, 1.54) is 0 Å². The van der Waals surface area contributed by atoms with Crippen LogP contribution >= 0.6 is 0 Å². The molecule has 1 N–H and O–H groups in total. The van der Waals surface area contributed by atoms with Crippen molar-refractivity contribution in [3.8, 4) is 11.6 Å². The van der Waals surface area contributed by atoms with Gasteiger partial charge in [-0.3, -0.25) is 4.79 Å². The highest BCUT2D eigenvalue weighted by molar-refractivity contribution is 5.89. The number of nitrogens with one attached hydrogen (secondary N) is 1. The van der Waals surface area contributed by atoms with E-state index in [0.29, 0.717) is 35.4 Å². The van der Waals surface area contributed by atoms with Crippen molar-refractivity contribution >= 4 is 29.3 Å². The molecule has 1 unspecified atom stereocenters. The van der Waals surface area contributed by atoms with Gasteiger partial charge >= 0.3 is 6.09 Å². The van der Waals surface area contributed by atoms with E-state index < -0.39 is 35.3 Å². The lowest BCUT2D eigenvalue weighted by molar-refractivity contribution is -0.139. The smallest absolute Gasteiger partial charge is 0.408 e. The highest BCUT2D eigenvalue weighted by atomic mass is 16.6. The molecule has 2 saturated carbocycles. The van der Waals surface area contributed by atoms with Crippen LogP contribution in [0.2, 0.25) is 0 Å². The molecule has 0 spiro atoms. The minimum Gasteiger partial charge on any atom is -0.497 e. The van der Waals surface area contributed by atoms with Crippen LogP contribution in [0.1, 0.15) is 78.3 Å². The normalized spacial score (nSPS) is 31.9. The first-order valence-corrected chi connectivity index (χ1v) is 15.8. The summed E-state index contributed by atoms with van der Waals surface area (Å²) in [7, 11) is 1.61. The van der Waals surface area contributed by atoms with Crippen molar-refractivity contribution in [2.45, 2.75) is 103 Å². The molecule has 10 heteroatoms. The van der Waals surface area contributed by atoms with Gasteiger partial charge in [-0.15, -0.1) is 0 Å². The van der Waals surface area contributed by atoms with Gasteiger partial charge in [0.05, 0.1) is 30.7 Å². The number of carbonyl (C=O) groups is 3. The summed E-state index contributed by atoms with van der Waals surface area (Å²) in [6.07, 6.45) is 7.52. The standard InChI is InChI=1S/C33H44N4O6/c1-19-26(18-38)37-17-27(19)42-29-24(34-23-14-13-22(41-5)15-25(23)35-29)10-8-6-7-9-21-16-33(21,20-11-12-20)43-31(40)36-28(30(37)39)32(2,3)4/h13-15,18-21,26-28H,6-12,16-17H2,1-5H3,(H,36,40)/t19-,21+,26+,27-,28+,33?/m0/s1. The Labute approximate surface area is 253 Å². The van der Waals surface area contributed by atoms with Crippen LogP contribution in [0.3, 0.4) is 0 Å². The Morgan fingerprint density at radius 3 is 2.56 bits per heavy atom. The Hall–Kier alpha value is -3.43. The fourth-order valence-corrected chi connectivity index (χ4v) is 7.09. The molecule has 10 nitrogen and oxygen atoms in total. The SMILES string of the molecule is COc1ccc2nc3c(nc2c1)O[C@H]1CN(C(=O)[C@H](C(C)(C)C)NC(=O)OC2(C4CC4)C[C@H]2CCCCC3)[C@H](C=O)[C@@H]1C. The molecule has 1 aromatic carbocycles. The second-order valence-corrected chi connectivity index (χ2v) is 14.0. The van der Waals surface area contributed by atoms with Crippen LogP contribution in [0.5, 0.6) is 11.6 Å². The van der Waals surface area contributed by atoms with E-state index in [9.17, 15) is 14.4 Å². The Kier molecular flexibility index (Phi) is 7.75. The molecule has 6 rings (SSSR count). The van der Waals surface area contributed by atoms with E-state index in [0.717, 1.165) is 62.4 Å². The summed E-state index contributed by atoms with van der Waals surface area (Å²) in [5, 5.41) is 2.92. The quantitative estimate of drug-likeness (QED) is 0.502. The maximum absolute atomic E-state index is 14.1. The van der Waals surface area contributed by atoms with Crippen molar-refractivity contribution in [3.05, 3.63) is 23.9 Å². The first-order chi connectivity index (χ1) is 20.5. The lowest BCUT2D eigenvalue weighted by Crippen LogP contribution is -2.57. The van der Waals surface area contributed by atoms with Gasteiger partial charge in [0.25, 0.3) is 0 Å². The molecule has 3 heterocycles. The largest absolute Gasteiger partial charge is 0.497 e. The number of fused-ring (bicyclic) bond motifs is 5. The molecule has 43 heavy (non-hydrogen) atoms. The third-order valence-electron chi connectivity index (χ3n) is 9.94. The minimum absolute atomic E-state index is 0.193. The van der Waals surface area contributed by atoms with Crippen molar-refractivity contribution in [1.82, 2.24) is 20.2 Å². The number of aryl methyl sites for hydroxylation is 1. The summed E-state index contributed by atoms with van der Waals surface area (Å²) >= 11 is 0. The number of rotatable bonds is 3. The highest BCUT2D eigenvalue weighted by Gasteiger charge is 2.65. The lowest BCUT2D eigenvalue weighted by Gasteiger charge is -2.35. The third kappa shape index (κ3) is 5.77. The molecule has 0 radical (unpaired) electrons. The molecule has 6 atom stereocenters. The van der Waals surface area contributed by atoms with Gasteiger partial charge in [0.2, 0.25) is 11.8 Å². The van der Waals surface area contributed by atoms with Crippen molar-refractivity contribution in [3.63, 3.8) is 0 Å². The van der Waals surface area contributed by atoms with Crippen LogP contribution in [-0.2, 0) is 20.7 Å². The van der Waals surface area contributed by atoms with Gasteiger partial charge in [-0.1, -0.05) is 40.5 Å². The second kappa shape index (κ2) is 11.2. The number of nitrogens with zero attached hydrogens (tertiary/aromatic N) is 3. The van der Waals surface area contributed by atoms with Crippen LogP contribution in [-0.4, -0.2) is 70.6 Å². The van der Waals surface area contributed by atoms with Gasteiger partial charge in [0, 0.05) is 17.9 Å². The van der Waals surface area contributed by atoms with E-state index in [-0.39, 0.29) is 18.4 Å². The van der Waals surface area contributed by atoms with Gasteiger partial charge in [-0.25, -0.2) is 14.8 Å². The molecule has 4 aliphatic rings. The molecular formula is C33H44N4O6. The molecule has 1 aromatic heterocycles. The first-order valence-electron chi connectivity index (χ1n) is 15.8. The summed E-state index contributed by atoms with van der Waals surface area (Å²) in [4.78, 5) is 51.2. The average Bonchev–Trinajstić information content (AvgIpc) is 3.89. The lowest BCUT2D eigenvalue weighted by atomic mass is 9.85. The number of hydrogen-bond acceptors (Lipinski definition) is 8. The number of aromatic nitrogens is 2. The summed E-state index contributed by atoms with van der Waals surface area (Å²) < 4.78 is 18.1. The summed E-state index contributed by atoms with van der Waals surface area (Å²) in [6.45, 7) is 7.84. The fourth-order valence-electron chi connectivity index (χ4n) is 7.09. The predicted molar refractivity (Wildman–Crippen MR) is 160 cm³/mol. The van der Waals surface area contributed by atoms with E-state index in [2.05, 4.69) is 5.32 Å². The molecule has 2 aliphatic carbocycles. The third-order valence-corrected chi connectivity index (χ3v) is 9.94. The van der Waals surface area contributed by atoms with Gasteiger partial charge in [-0.05, 0) is 62.0 Å². The van der Waals surface area contributed by atoms with E-state index in [1.54, 1.807) is 12.0 Å². The van der Waals surface area contributed by atoms with E-state index >= 15 is 0 Å². The van der Waals surface area contributed by atoms with Crippen LogP contribution in [0.25, 0.3) is 11.0 Å². The number of amides is 2. The zero-order valence-electron chi connectivity index (χ0n) is 25.9. The van der Waals surface area contributed by atoms with E-state index in [1.807, 2.05) is 45.9 Å². The maximum Gasteiger partial charge on any atom is 0.408 e. The molecule has 2 bridgehead atoms. The number of aldehydes is 1. The second-order valence-electron chi connectivity index (χ2n) is 14.0. The van der Waals surface area contributed by atoms with Crippen molar-refractivity contribution in [2.75, 3.05) is 13.7 Å². The zero-order chi connectivity index (χ0) is 30.5. The molecular weight excluding hydrogens is 548 g/mol. The number of methoxy groups -OCH3 is 1. The number of ether oxygens (including phenoxy) is 3. The van der Waals surface area contributed by atoms with Crippen molar-refractivity contribution in [1.29, 1.82) is 0 Å². The predicted octanol–water partition coefficient (Wildman–Crippen LogP) is 4.86. The van der Waals surface area contributed by atoms with Crippen LogP contribution < -0.4 is 14.8 Å². The summed E-state index contributed by atoms with van der Waals surface area (Å²) in [6, 6.07) is 4.03. The Bertz CT molecular complexity index is 1400. The average molecular weight is 593 g/mol. The first kappa shape index (κ1) is 29.6. The van der Waals surface area contributed by atoms with Gasteiger partial charge in [0.15, 0.2) is 0 Å². The Morgan fingerprint density at radius 2 is 1.86 bits per heavy atom. The van der Waals surface area contributed by atoms with Crippen molar-refractivity contribution < 1.29 is 28.6 Å². The van der Waals surface area contributed by atoms with Gasteiger partial charge < -0.3 is 29.2 Å². The van der Waals surface area contributed by atoms with Crippen LogP contribution in [0.4, 0.5) is 4.79 Å². The van der Waals surface area contributed by atoms with E-state index in [4.69, 9.17) is 24.2 Å². The Balaban J connectivity index is 1.34. The molecule has 1 saturated heterocycles. The van der Waals surface area contributed by atoms with Gasteiger partial charge in [0.1, 0.15) is 35.5 Å². The fraction of sp³-hybridized carbons (Fsp3) is 0.667. The molecule has 2 amide bonds. The molecule has 3 fully saturated rings. The summed E-state index contributed by atoms with van der Waals surface area (Å²) in [5.41, 5.74) is 1.18. The topological polar surface area (TPSA) is 120 Å². The molecule has 2 aromatic rings. The monoisotopic (exact) mass is 592 g/mol. The maximum atomic E-state index is 14.1. The van der Waals surface area contributed by atoms with Crippen molar-refractivity contribution in [2.24, 2.45) is 23.2 Å². The Morgan fingerprint density at radius 1 is 1.07 bits per heavy atom.